The summed E-state index contributed by atoms with van der Waals surface area (Å²) >= 11 is 3.59. The number of aromatic nitrogens is 2. The molecule has 2 aliphatic rings. The Hall–Kier alpha value is -0.640. The van der Waals surface area contributed by atoms with E-state index in [4.69, 9.17) is 0 Å². The van der Waals surface area contributed by atoms with Crippen molar-refractivity contribution in [3.05, 3.63) is 15.9 Å². The Bertz CT molecular complexity index is 484. The van der Waals surface area contributed by atoms with Crippen molar-refractivity contribution in [1.29, 1.82) is 0 Å². The van der Waals surface area contributed by atoms with Gasteiger partial charge in [-0.15, -0.1) is 0 Å². The van der Waals surface area contributed by atoms with Crippen molar-refractivity contribution in [2.24, 2.45) is 24.8 Å². The van der Waals surface area contributed by atoms with Gasteiger partial charge in [-0.1, -0.05) is 13.3 Å². The first-order valence-corrected chi connectivity index (χ1v) is 7.65. The van der Waals surface area contributed by atoms with Gasteiger partial charge >= 0.3 is 0 Å². The van der Waals surface area contributed by atoms with E-state index >= 15 is 0 Å². The third-order valence-electron chi connectivity index (χ3n) is 4.62. The standard InChI is InChI=1S/C14H19BrN2O/c1-3-10-14(15)11(17(2)16-10)7-12(18)13-8-5-4-6-9(8)13/h8-9,13H,3-7H2,1-2H3. The third kappa shape index (κ3) is 1.85. The van der Waals surface area contributed by atoms with Crippen molar-refractivity contribution in [1.82, 2.24) is 9.78 Å². The van der Waals surface area contributed by atoms with Gasteiger partial charge in [-0.3, -0.25) is 9.48 Å². The number of carbonyl (C=O) groups is 1. The Labute approximate surface area is 116 Å². The van der Waals surface area contributed by atoms with Gasteiger partial charge in [0.25, 0.3) is 0 Å². The fourth-order valence-electron chi connectivity index (χ4n) is 3.59. The molecule has 0 bridgehead atoms. The van der Waals surface area contributed by atoms with Crippen LogP contribution in [-0.4, -0.2) is 15.6 Å². The van der Waals surface area contributed by atoms with E-state index in [0.717, 1.165) is 34.1 Å². The molecule has 3 rings (SSSR count). The molecule has 18 heavy (non-hydrogen) atoms. The normalized spacial score (nSPS) is 29.4. The van der Waals surface area contributed by atoms with E-state index in [-0.39, 0.29) is 0 Å². The molecule has 0 N–H and O–H groups in total. The van der Waals surface area contributed by atoms with E-state index in [2.05, 4.69) is 28.0 Å². The topological polar surface area (TPSA) is 34.9 Å². The minimum Gasteiger partial charge on any atom is -0.299 e. The maximum absolute atomic E-state index is 12.3. The molecular weight excluding hydrogens is 292 g/mol. The number of rotatable bonds is 4. The van der Waals surface area contributed by atoms with E-state index in [9.17, 15) is 4.79 Å². The molecule has 98 valence electrons. The summed E-state index contributed by atoms with van der Waals surface area (Å²) in [6, 6.07) is 0. The number of ketones is 1. The van der Waals surface area contributed by atoms with Gasteiger partial charge in [0.1, 0.15) is 5.78 Å². The van der Waals surface area contributed by atoms with Gasteiger partial charge in [-0.25, -0.2) is 0 Å². The molecule has 0 amide bonds. The largest absolute Gasteiger partial charge is 0.299 e. The summed E-state index contributed by atoms with van der Waals surface area (Å²) in [5, 5.41) is 4.45. The molecule has 3 nitrogen and oxygen atoms in total. The van der Waals surface area contributed by atoms with Crippen molar-refractivity contribution in [3.63, 3.8) is 0 Å². The lowest BCUT2D eigenvalue weighted by Crippen LogP contribution is -2.12. The maximum Gasteiger partial charge on any atom is 0.142 e. The zero-order valence-electron chi connectivity index (χ0n) is 10.9. The fourth-order valence-corrected chi connectivity index (χ4v) is 4.35. The molecule has 1 aromatic rings. The second-order valence-electron chi connectivity index (χ2n) is 5.61. The van der Waals surface area contributed by atoms with Crippen LogP contribution in [0.15, 0.2) is 4.47 Å². The highest BCUT2D eigenvalue weighted by atomic mass is 79.9. The molecule has 2 fully saturated rings. The first-order valence-electron chi connectivity index (χ1n) is 6.86. The molecule has 0 aromatic carbocycles. The molecule has 2 unspecified atom stereocenters. The molecule has 0 spiro atoms. The smallest absolute Gasteiger partial charge is 0.142 e. The van der Waals surface area contributed by atoms with Gasteiger partial charge in [-0.05, 0) is 47.0 Å². The number of halogens is 1. The van der Waals surface area contributed by atoms with Crippen molar-refractivity contribution < 1.29 is 4.79 Å². The van der Waals surface area contributed by atoms with Crippen LogP contribution in [0.5, 0.6) is 0 Å². The Kier molecular flexibility index (Phi) is 3.08. The summed E-state index contributed by atoms with van der Waals surface area (Å²) in [5.41, 5.74) is 2.10. The zero-order valence-corrected chi connectivity index (χ0v) is 12.5. The Morgan fingerprint density at radius 3 is 2.67 bits per heavy atom. The minimum absolute atomic E-state index is 0.366. The number of aryl methyl sites for hydroxylation is 2. The van der Waals surface area contributed by atoms with E-state index in [1.807, 2.05) is 11.7 Å². The van der Waals surface area contributed by atoms with Crippen molar-refractivity contribution in [2.75, 3.05) is 0 Å². The van der Waals surface area contributed by atoms with Crippen LogP contribution in [0, 0.1) is 17.8 Å². The number of Topliss-reactive ketones (excluding diaryl/α,β-unsaturated/α-hetero) is 1. The monoisotopic (exact) mass is 310 g/mol. The van der Waals surface area contributed by atoms with Crippen LogP contribution in [-0.2, 0) is 24.7 Å². The molecule has 0 aliphatic heterocycles. The van der Waals surface area contributed by atoms with E-state index in [0.29, 0.717) is 18.1 Å². The van der Waals surface area contributed by atoms with E-state index in [1.54, 1.807) is 0 Å². The van der Waals surface area contributed by atoms with Gasteiger partial charge < -0.3 is 0 Å². The van der Waals surface area contributed by atoms with Crippen LogP contribution >= 0.6 is 15.9 Å². The van der Waals surface area contributed by atoms with E-state index in [1.165, 1.54) is 19.3 Å². The third-order valence-corrected chi connectivity index (χ3v) is 5.54. The SMILES string of the molecule is CCc1nn(C)c(CC(=O)C2C3CCCC32)c1Br. The molecule has 2 saturated carbocycles. The quantitative estimate of drug-likeness (QED) is 0.857. The summed E-state index contributed by atoms with van der Waals surface area (Å²) in [6.07, 6.45) is 5.31. The molecular formula is C14H19BrN2O. The van der Waals surface area contributed by atoms with Gasteiger partial charge in [-0.2, -0.15) is 5.10 Å². The number of nitrogens with zero attached hydrogens (tertiary/aromatic N) is 2. The van der Waals surface area contributed by atoms with Gasteiger partial charge in [0.15, 0.2) is 0 Å². The van der Waals surface area contributed by atoms with Gasteiger partial charge in [0.2, 0.25) is 0 Å². The van der Waals surface area contributed by atoms with Crippen molar-refractivity contribution >= 4 is 21.7 Å². The summed E-state index contributed by atoms with van der Waals surface area (Å²) in [7, 11) is 1.93. The van der Waals surface area contributed by atoms with Crippen LogP contribution in [0.25, 0.3) is 0 Å². The number of carbonyl (C=O) groups excluding carboxylic acids is 1. The predicted octanol–water partition coefficient (Wildman–Crippen LogP) is 2.90. The van der Waals surface area contributed by atoms with Crippen LogP contribution < -0.4 is 0 Å². The highest BCUT2D eigenvalue weighted by molar-refractivity contribution is 9.10. The van der Waals surface area contributed by atoms with Gasteiger partial charge in [0.05, 0.1) is 15.9 Å². The number of fused-ring (bicyclic) bond motifs is 1. The molecule has 4 heteroatoms. The van der Waals surface area contributed by atoms with Gasteiger partial charge in [0, 0.05) is 19.4 Å². The molecule has 2 atom stereocenters. The minimum atomic E-state index is 0.366. The van der Waals surface area contributed by atoms with Crippen LogP contribution in [0.2, 0.25) is 0 Å². The predicted molar refractivity (Wildman–Crippen MR) is 73.3 cm³/mol. The molecule has 2 aliphatic carbocycles. The Morgan fingerprint density at radius 2 is 2.11 bits per heavy atom. The molecule has 0 radical (unpaired) electrons. The van der Waals surface area contributed by atoms with Crippen LogP contribution in [0.4, 0.5) is 0 Å². The lowest BCUT2D eigenvalue weighted by atomic mass is 10.0. The average molecular weight is 311 g/mol. The van der Waals surface area contributed by atoms with Crippen LogP contribution in [0.1, 0.15) is 37.6 Å². The lowest BCUT2D eigenvalue weighted by molar-refractivity contribution is -0.120. The Balaban J connectivity index is 1.73. The zero-order chi connectivity index (χ0) is 12.9. The van der Waals surface area contributed by atoms with E-state index < -0.39 is 0 Å². The summed E-state index contributed by atoms with van der Waals surface area (Å²) in [6.45, 7) is 2.09. The average Bonchev–Trinajstić information content (AvgIpc) is 2.71. The first kappa shape index (κ1) is 12.4. The highest BCUT2D eigenvalue weighted by Crippen LogP contribution is 2.58. The summed E-state index contributed by atoms with van der Waals surface area (Å²) in [5.74, 6) is 2.23. The Morgan fingerprint density at radius 1 is 1.44 bits per heavy atom. The second kappa shape index (κ2) is 4.48. The highest BCUT2D eigenvalue weighted by Gasteiger charge is 2.55. The number of hydrogen-bond acceptors (Lipinski definition) is 2. The second-order valence-corrected chi connectivity index (χ2v) is 6.41. The number of hydrogen-bond donors (Lipinski definition) is 0. The maximum atomic E-state index is 12.3. The van der Waals surface area contributed by atoms with Crippen molar-refractivity contribution in [3.8, 4) is 0 Å². The van der Waals surface area contributed by atoms with Crippen LogP contribution in [0.3, 0.4) is 0 Å². The molecule has 0 saturated heterocycles. The molecule has 1 heterocycles. The first-order chi connectivity index (χ1) is 8.63. The fraction of sp³-hybridized carbons (Fsp3) is 0.714. The lowest BCUT2D eigenvalue weighted by Gasteiger charge is -2.04. The molecule has 1 aromatic heterocycles. The summed E-state index contributed by atoms with van der Waals surface area (Å²) in [4.78, 5) is 12.3. The van der Waals surface area contributed by atoms with Crippen molar-refractivity contribution in [2.45, 2.75) is 39.0 Å². The summed E-state index contributed by atoms with van der Waals surface area (Å²) < 4.78 is 2.89.